The molecule has 0 atom stereocenters. The van der Waals surface area contributed by atoms with Crippen molar-refractivity contribution in [2.24, 2.45) is 0 Å². The number of anilines is 1. The van der Waals surface area contributed by atoms with Crippen LogP contribution in [0.4, 0.5) is 10.5 Å². The first kappa shape index (κ1) is 20.6. The predicted molar refractivity (Wildman–Crippen MR) is 119 cm³/mol. The highest BCUT2D eigenvalue weighted by Gasteiger charge is 2.11. The third kappa shape index (κ3) is 6.17. The van der Waals surface area contributed by atoms with Crippen LogP contribution in [-0.2, 0) is 19.6 Å². The second kappa shape index (κ2) is 10.4. The Hall–Kier alpha value is -2.18. The number of carbonyl (C=O) groups excluding carboxylic acids is 1. The molecule has 0 saturated carbocycles. The molecule has 3 rings (SSSR count). The van der Waals surface area contributed by atoms with Crippen LogP contribution < -0.4 is 15.5 Å². The van der Waals surface area contributed by atoms with E-state index in [0.29, 0.717) is 13.1 Å². The van der Waals surface area contributed by atoms with Gasteiger partial charge in [-0.2, -0.15) is 11.8 Å². The van der Waals surface area contributed by atoms with Crippen molar-refractivity contribution in [1.82, 2.24) is 15.5 Å². The van der Waals surface area contributed by atoms with E-state index in [2.05, 4.69) is 56.8 Å². The molecule has 0 aromatic heterocycles. The highest BCUT2D eigenvalue weighted by Crippen LogP contribution is 2.19. The quantitative estimate of drug-likeness (QED) is 0.751. The van der Waals surface area contributed by atoms with Crippen molar-refractivity contribution in [2.75, 3.05) is 43.6 Å². The molecule has 1 saturated heterocycles. The molecule has 0 unspecified atom stereocenters. The van der Waals surface area contributed by atoms with E-state index < -0.39 is 0 Å². The molecule has 2 N–H and O–H groups in total. The fourth-order valence-corrected chi connectivity index (χ4v) is 4.19. The summed E-state index contributed by atoms with van der Waals surface area (Å²) in [6.45, 7) is 4.14. The van der Waals surface area contributed by atoms with Crippen LogP contribution in [-0.4, -0.2) is 49.6 Å². The smallest absolute Gasteiger partial charge is 0.315 e. The molecule has 1 heterocycles. The number of carbonyl (C=O) groups is 1. The molecule has 6 heteroatoms. The second-order valence-corrected chi connectivity index (χ2v) is 8.53. The zero-order valence-electron chi connectivity index (χ0n) is 16.8. The second-order valence-electron chi connectivity index (χ2n) is 7.31. The van der Waals surface area contributed by atoms with Gasteiger partial charge in [0, 0.05) is 49.9 Å². The minimum atomic E-state index is -0.142. The Morgan fingerprint density at radius 2 is 1.61 bits per heavy atom. The van der Waals surface area contributed by atoms with Crippen molar-refractivity contribution in [3.63, 3.8) is 0 Å². The molecule has 2 amide bonds. The Kier molecular flexibility index (Phi) is 7.62. The lowest BCUT2D eigenvalue weighted by Gasteiger charge is -2.28. The van der Waals surface area contributed by atoms with Crippen LogP contribution in [0.5, 0.6) is 0 Å². The van der Waals surface area contributed by atoms with E-state index in [4.69, 9.17) is 0 Å². The topological polar surface area (TPSA) is 47.6 Å². The maximum Gasteiger partial charge on any atom is 0.315 e. The van der Waals surface area contributed by atoms with Gasteiger partial charge in [-0.1, -0.05) is 36.4 Å². The molecule has 1 aliphatic rings. The van der Waals surface area contributed by atoms with E-state index in [9.17, 15) is 4.79 Å². The van der Waals surface area contributed by atoms with Gasteiger partial charge < -0.3 is 20.4 Å². The van der Waals surface area contributed by atoms with Crippen LogP contribution in [0.1, 0.15) is 16.7 Å². The largest absolute Gasteiger partial charge is 0.370 e. The molecule has 28 heavy (non-hydrogen) atoms. The molecule has 0 spiro atoms. The first-order valence-corrected chi connectivity index (χ1v) is 10.9. The summed E-state index contributed by atoms with van der Waals surface area (Å²) in [6.07, 6.45) is 0. The van der Waals surface area contributed by atoms with Gasteiger partial charge in [0.25, 0.3) is 0 Å². The van der Waals surface area contributed by atoms with Crippen LogP contribution in [0.15, 0.2) is 48.5 Å². The van der Waals surface area contributed by atoms with Gasteiger partial charge >= 0.3 is 6.03 Å². The van der Waals surface area contributed by atoms with E-state index >= 15 is 0 Å². The van der Waals surface area contributed by atoms with E-state index in [0.717, 1.165) is 30.8 Å². The molecule has 0 bridgehead atoms. The van der Waals surface area contributed by atoms with Crippen LogP contribution in [0, 0.1) is 0 Å². The van der Waals surface area contributed by atoms with Gasteiger partial charge in [-0.05, 0) is 42.9 Å². The van der Waals surface area contributed by atoms with Crippen LogP contribution in [0.2, 0.25) is 0 Å². The van der Waals surface area contributed by atoms with Crippen molar-refractivity contribution < 1.29 is 4.79 Å². The number of hydrogen-bond donors (Lipinski definition) is 2. The lowest BCUT2D eigenvalue weighted by Crippen LogP contribution is -2.35. The average molecular weight is 399 g/mol. The molecule has 1 fully saturated rings. The molecule has 150 valence electrons. The number of urea groups is 1. The van der Waals surface area contributed by atoms with Crippen molar-refractivity contribution in [3.8, 4) is 0 Å². The highest BCUT2D eigenvalue weighted by molar-refractivity contribution is 7.99. The van der Waals surface area contributed by atoms with Crippen LogP contribution in [0.25, 0.3) is 0 Å². The predicted octanol–water partition coefficient (Wildman–Crippen LogP) is 3.30. The number of thioether (sulfide) groups is 1. The summed E-state index contributed by atoms with van der Waals surface area (Å²) in [7, 11) is 4.10. The Bertz CT molecular complexity index is 757. The standard InChI is InChI=1S/C22H30N4OS/c1-25(2)17-20-6-4-3-5-19(20)16-24-22(27)23-15-18-7-9-21(10-8-18)26-11-13-28-14-12-26/h3-10H,11-17H2,1-2H3,(H2,23,24,27). The number of rotatable bonds is 7. The Morgan fingerprint density at radius 1 is 0.964 bits per heavy atom. The lowest BCUT2D eigenvalue weighted by atomic mass is 10.1. The van der Waals surface area contributed by atoms with Crippen molar-refractivity contribution >= 4 is 23.5 Å². The third-order valence-corrected chi connectivity index (χ3v) is 5.75. The van der Waals surface area contributed by atoms with E-state index in [1.54, 1.807) is 0 Å². The van der Waals surface area contributed by atoms with Crippen molar-refractivity contribution in [3.05, 3.63) is 65.2 Å². The van der Waals surface area contributed by atoms with E-state index in [-0.39, 0.29) is 6.03 Å². The summed E-state index contributed by atoms with van der Waals surface area (Å²) in [5.41, 5.74) is 4.76. The molecule has 5 nitrogen and oxygen atoms in total. The number of nitrogens with zero attached hydrogens (tertiary/aromatic N) is 2. The Morgan fingerprint density at radius 3 is 2.29 bits per heavy atom. The molecule has 2 aromatic rings. The van der Waals surface area contributed by atoms with E-state index in [1.165, 1.54) is 22.8 Å². The number of amides is 2. The van der Waals surface area contributed by atoms with Gasteiger partial charge in [0.2, 0.25) is 0 Å². The molecule has 2 aromatic carbocycles. The maximum absolute atomic E-state index is 12.2. The van der Waals surface area contributed by atoms with Crippen LogP contribution >= 0.6 is 11.8 Å². The summed E-state index contributed by atoms with van der Waals surface area (Å²) in [4.78, 5) is 16.7. The van der Waals surface area contributed by atoms with E-state index in [1.807, 2.05) is 38.0 Å². The molecule has 0 radical (unpaired) electrons. The number of benzene rings is 2. The maximum atomic E-state index is 12.2. The van der Waals surface area contributed by atoms with Gasteiger partial charge in [0.05, 0.1) is 0 Å². The van der Waals surface area contributed by atoms with Gasteiger partial charge in [0.1, 0.15) is 0 Å². The van der Waals surface area contributed by atoms with Gasteiger partial charge in [-0.3, -0.25) is 0 Å². The summed E-state index contributed by atoms with van der Waals surface area (Å²) < 4.78 is 0. The minimum Gasteiger partial charge on any atom is -0.370 e. The van der Waals surface area contributed by atoms with Gasteiger partial charge in [-0.15, -0.1) is 0 Å². The van der Waals surface area contributed by atoms with Crippen molar-refractivity contribution in [1.29, 1.82) is 0 Å². The normalized spacial score (nSPS) is 14.2. The number of nitrogens with one attached hydrogen (secondary N) is 2. The third-order valence-electron chi connectivity index (χ3n) is 4.81. The Balaban J connectivity index is 1.45. The fourth-order valence-electron chi connectivity index (χ4n) is 3.29. The first-order valence-electron chi connectivity index (χ1n) is 9.76. The average Bonchev–Trinajstić information content (AvgIpc) is 2.72. The zero-order chi connectivity index (χ0) is 19.8. The molecular weight excluding hydrogens is 368 g/mol. The minimum absolute atomic E-state index is 0.142. The summed E-state index contributed by atoms with van der Waals surface area (Å²) in [6, 6.07) is 16.6. The summed E-state index contributed by atoms with van der Waals surface area (Å²) >= 11 is 2.02. The van der Waals surface area contributed by atoms with Crippen LogP contribution in [0.3, 0.4) is 0 Å². The molecule has 0 aliphatic carbocycles. The highest BCUT2D eigenvalue weighted by atomic mass is 32.2. The van der Waals surface area contributed by atoms with Gasteiger partial charge in [-0.25, -0.2) is 4.79 Å². The van der Waals surface area contributed by atoms with Crippen molar-refractivity contribution in [2.45, 2.75) is 19.6 Å². The zero-order valence-corrected chi connectivity index (χ0v) is 17.6. The first-order chi connectivity index (χ1) is 13.6. The summed E-state index contributed by atoms with van der Waals surface area (Å²) in [5.74, 6) is 2.39. The van der Waals surface area contributed by atoms with Gasteiger partial charge in [0.15, 0.2) is 0 Å². The SMILES string of the molecule is CN(C)Cc1ccccc1CNC(=O)NCc1ccc(N2CCSCC2)cc1. The summed E-state index contributed by atoms with van der Waals surface area (Å²) in [5, 5.41) is 5.92. The number of hydrogen-bond acceptors (Lipinski definition) is 4. The molecule has 1 aliphatic heterocycles. The molecular formula is C22H30N4OS. The lowest BCUT2D eigenvalue weighted by molar-refractivity contribution is 0.240. The monoisotopic (exact) mass is 398 g/mol. The Labute approximate surface area is 172 Å². The fraction of sp³-hybridized carbons (Fsp3) is 0.409.